The molecule has 0 aromatic heterocycles. The largest absolute Gasteiger partial charge is 0.435 e. The van der Waals surface area contributed by atoms with E-state index in [1.165, 1.54) is 12.1 Å². The zero-order chi connectivity index (χ0) is 17.1. The van der Waals surface area contributed by atoms with Gasteiger partial charge in [0.1, 0.15) is 5.75 Å². The van der Waals surface area contributed by atoms with Gasteiger partial charge in [0.15, 0.2) is 0 Å². The molecular formula is C16H19F2I2NO2. The zero-order valence-electron chi connectivity index (χ0n) is 12.5. The summed E-state index contributed by atoms with van der Waals surface area (Å²) in [6.07, 6.45) is 3.22. The van der Waals surface area contributed by atoms with Crippen LogP contribution in [-0.2, 0) is 10.2 Å². The van der Waals surface area contributed by atoms with Gasteiger partial charge in [0, 0.05) is 0 Å². The van der Waals surface area contributed by atoms with Gasteiger partial charge in [0.2, 0.25) is 5.91 Å². The number of carbonyl (C=O) groups excluding carboxylic acids is 1. The molecule has 0 unspecified atom stereocenters. The Morgan fingerprint density at radius 1 is 1.13 bits per heavy atom. The number of rotatable bonds is 6. The Bertz CT molecular complexity index is 587. The molecule has 1 aromatic carbocycles. The second kappa shape index (κ2) is 7.62. The first-order chi connectivity index (χ1) is 10.9. The molecule has 7 heteroatoms. The highest BCUT2D eigenvalue weighted by molar-refractivity contribution is 14.3. The van der Waals surface area contributed by atoms with Crippen molar-refractivity contribution in [1.82, 2.24) is 0 Å². The molecule has 23 heavy (non-hydrogen) atoms. The van der Waals surface area contributed by atoms with Gasteiger partial charge >= 0.3 is 6.61 Å². The Morgan fingerprint density at radius 3 is 2.04 bits per heavy atom. The van der Waals surface area contributed by atoms with E-state index in [9.17, 15) is 13.6 Å². The number of carbonyl (C=O) groups is 1. The van der Waals surface area contributed by atoms with Crippen molar-refractivity contribution >= 4 is 56.4 Å². The van der Waals surface area contributed by atoms with E-state index in [2.05, 4.69) is 13.8 Å². The second-order valence-corrected chi connectivity index (χ2v) is 13.2. The molecular weight excluding hydrogens is 530 g/mol. The standard InChI is InChI=1S/C16H19F2I2NO2/c1-19-16(20-2)9-7-15(8-10-16,13(21)22)11-3-5-12(6-4-11)23-14(17)18/h3-6,14H,1-2,7-10H2,(H2,21,22). The number of nitrogens with two attached hydrogens (primary N) is 1. The average Bonchev–Trinajstić information content (AvgIpc) is 2.55. The maximum Gasteiger partial charge on any atom is 0.387 e. The molecule has 1 aromatic rings. The molecule has 0 bridgehead atoms. The van der Waals surface area contributed by atoms with Crippen LogP contribution in [0.3, 0.4) is 0 Å². The maximum absolute atomic E-state index is 12.2. The normalized spacial score (nSPS) is 19.4. The lowest BCUT2D eigenvalue weighted by Gasteiger charge is -2.41. The van der Waals surface area contributed by atoms with Gasteiger partial charge in [-0.2, -0.15) is 8.78 Å². The lowest BCUT2D eigenvalue weighted by atomic mass is 9.69. The van der Waals surface area contributed by atoms with Crippen LogP contribution in [0.2, 0.25) is 0 Å². The molecule has 0 atom stereocenters. The van der Waals surface area contributed by atoms with E-state index in [0.717, 1.165) is 18.4 Å². The van der Waals surface area contributed by atoms with Crippen LogP contribution in [0.25, 0.3) is 0 Å². The molecule has 0 aliphatic heterocycles. The molecule has 0 radical (unpaired) electrons. The van der Waals surface area contributed by atoms with E-state index in [0.29, 0.717) is 12.8 Å². The first-order valence-corrected chi connectivity index (χ1v) is 12.2. The van der Waals surface area contributed by atoms with Crippen LogP contribution in [0.15, 0.2) is 24.3 Å². The lowest BCUT2D eigenvalue weighted by Crippen LogP contribution is -2.46. The van der Waals surface area contributed by atoms with E-state index >= 15 is 0 Å². The molecule has 128 valence electrons. The summed E-state index contributed by atoms with van der Waals surface area (Å²) in [7, 11) is 0. The lowest BCUT2D eigenvalue weighted by molar-refractivity contribution is -0.124. The Labute approximate surface area is 154 Å². The molecule has 1 aliphatic rings. The average molecular weight is 549 g/mol. The second-order valence-electron chi connectivity index (χ2n) is 5.47. The third-order valence-corrected chi connectivity index (χ3v) is 13.2. The minimum absolute atomic E-state index is 0.0841. The number of benzene rings is 1. The van der Waals surface area contributed by atoms with Crippen molar-refractivity contribution < 1.29 is 18.3 Å². The molecule has 0 heterocycles. The van der Waals surface area contributed by atoms with Gasteiger partial charge in [-0.25, -0.2) is 0 Å². The first-order valence-electron chi connectivity index (χ1n) is 7.02. The van der Waals surface area contributed by atoms with Crippen LogP contribution in [0.5, 0.6) is 5.75 Å². The highest BCUT2D eigenvalue weighted by Gasteiger charge is 2.45. The molecule has 1 fully saturated rings. The highest BCUT2D eigenvalue weighted by atomic mass is 127. The maximum atomic E-state index is 12.2. The third-order valence-electron chi connectivity index (χ3n) is 4.42. The summed E-state index contributed by atoms with van der Waals surface area (Å²) in [5.74, 6) is -0.265. The van der Waals surface area contributed by atoms with Crippen LogP contribution in [0.1, 0.15) is 31.2 Å². The summed E-state index contributed by atoms with van der Waals surface area (Å²) in [4.78, 5) is 12.2. The molecule has 1 amide bonds. The minimum atomic E-state index is -2.86. The number of amides is 1. The summed E-state index contributed by atoms with van der Waals surface area (Å²) in [5, 5.41) is 0. The summed E-state index contributed by atoms with van der Waals surface area (Å²) in [6.45, 7) is -2.86. The summed E-state index contributed by atoms with van der Waals surface area (Å²) in [6, 6.07) is 6.29. The van der Waals surface area contributed by atoms with Crippen LogP contribution >= 0.6 is 41.5 Å². The van der Waals surface area contributed by atoms with Crippen molar-refractivity contribution in [3.63, 3.8) is 0 Å². The van der Waals surface area contributed by atoms with Gasteiger partial charge in [-0.3, -0.25) is 4.79 Å². The predicted octanol–water partition coefficient (Wildman–Crippen LogP) is 4.09. The predicted molar refractivity (Wildman–Crippen MR) is 107 cm³/mol. The topological polar surface area (TPSA) is 52.3 Å². The molecule has 1 saturated carbocycles. The monoisotopic (exact) mass is 549 g/mol. The fourth-order valence-electron chi connectivity index (χ4n) is 2.98. The van der Waals surface area contributed by atoms with Crippen LogP contribution < -0.4 is 10.5 Å². The Kier molecular flexibility index (Phi) is 6.26. The van der Waals surface area contributed by atoms with Gasteiger partial charge in [-0.15, -0.1) is 41.5 Å². The van der Waals surface area contributed by atoms with E-state index in [1.54, 1.807) is 12.1 Å². The number of halogens is 4. The van der Waals surface area contributed by atoms with Gasteiger partial charge in [0.25, 0.3) is 0 Å². The van der Waals surface area contributed by atoms with Gasteiger partial charge < -0.3 is 10.5 Å². The van der Waals surface area contributed by atoms with Crippen molar-refractivity contribution in [2.45, 2.75) is 39.1 Å². The van der Waals surface area contributed by atoms with E-state index in [1.807, 2.05) is 0 Å². The molecule has 1 aliphatic carbocycles. The molecule has 3 nitrogen and oxygen atoms in total. The van der Waals surface area contributed by atoms with Crippen LogP contribution in [0.4, 0.5) is 8.78 Å². The SMILES string of the molecule is C=IC1(I=C)CCC(C(N)=O)(c2ccc(OC(F)F)cc2)CC1. The van der Waals surface area contributed by atoms with Crippen LogP contribution in [0, 0.1) is 0 Å². The summed E-state index contributed by atoms with van der Waals surface area (Å²) < 4.78 is 37.4. The Balaban J connectivity index is 2.27. The fraction of sp³-hybridized carbons (Fsp3) is 0.438. The van der Waals surface area contributed by atoms with Gasteiger partial charge in [-0.05, 0) is 43.4 Å². The van der Waals surface area contributed by atoms with Crippen molar-refractivity contribution in [1.29, 1.82) is 0 Å². The fourth-order valence-corrected chi connectivity index (χ4v) is 7.15. The number of alkyl halides is 4. The first kappa shape index (κ1) is 18.9. The number of ether oxygens (including phenoxy) is 1. The van der Waals surface area contributed by atoms with Gasteiger partial charge in [-0.1, -0.05) is 21.2 Å². The molecule has 0 saturated heterocycles. The zero-order valence-corrected chi connectivity index (χ0v) is 16.9. The highest BCUT2D eigenvalue weighted by Crippen LogP contribution is 2.53. The minimum Gasteiger partial charge on any atom is -0.435 e. The Morgan fingerprint density at radius 2 is 1.65 bits per heavy atom. The summed E-state index contributed by atoms with van der Waals surface area (Å²) >= 11 is -0.335. The quantitative estimate of drug-likeness (QED) is 0.430. The number of hydrogen-bond donors (Lipinski definition) is 1. The smallest absolute Gasteiger partial charge is 0.387 e. The van der Waals surface area contributed by atoms with Gasteiger partial charge in [0.05, 0.1) is 6.84 Å². The van der Waals surface area contributed by atoms with Crippen LogP contribution in [-0.4, -0.2) is 23.0 Å². The third kappa shape index (κ3) is 3.97. The van der Waals surface area contributed by atoms with Crippen molar-refractivity contribution in [3.8, 4) is 5.75 Å². The van der Waals surface area contributed by atoms with E-state index < -0.39 is 12.0 Å². The molecule has 0 spiro atoms. The van der Waals surface area contributed by atoms with Crippen molar-refractivity contribution in [2.24, 2.45) is 5.73 Å². The van der Waals surface area contributed by atoms with E-state index in [-0.39, 0.29) is 54.5 Å². The number of hydrogen-bond acceptors (Lipinski definition) is 2. The Hall–Kier alpha value is -0.450. The van der Waals surface area contributed by atoms with Crippen molar-refractivity contribution in [3.05, 3.63) is 29.8 Å². The molecule has 2 rings (SSSR count). The van der Waals surface area contributed by atoms with Crippen molar-refractivity contribution in [2.75, 3.05) is 0 Å². The molecule has 2 N–H and O–H groups in total. The number of primary amides is 1. The summed E-state index contributed by atoms with van der Waals surface area (Å²) in [5.41, 5.74) is 5.79. The van der Waals surface area contributed by atoms with E-state index in [4.69, 9.17) is 5.73 Å².